The second-order valence-corrected chi connectivity index (χ2v) is 18.0. The molecule has 18 heteroatoms. The second kappa shape index (κ2) is 21.6. The Bertz CT molecular complexity index is 2710. The number of benzene rings is 4. The van der Waals surface area contributed by atoms with Crippen LogP contribution in [0.5, 0.6) is 5.75 Å². The van der Waals surface area contributed by atoms with Gasteiger partial charge in [0.1, 0.15) is 36.0 Å². The lowest BCUT2D eigenvalue weighted by atomic mass is 10.0. The quantitative estimate of drug-likeness (QED) is 0.0490. The average molecular weight is 920 g/mol. The van der Waals surface area contributed by atoms with Crippen LogP contribution in [0.1, 0.15) is 53.1 Å². The number of rotatable bonds is 13. The van der Waals surface area contributed by atoms with E-state index in [2.05, 4.69) is 41.3 Å². The van der Waals surface area contributed by atoms with Gasteiger partial charge in [0.2, 0.25) is 35.5 Å². The molecule has 0 spiro atoms. The molecule has 0 radical (unpaired) electrons. The van der Waals surface area contributed by atoms with Gasteiger partial charge in [-0.05, 0) is 86.1 Å². The molecule has 9 N–H and O–H groups in total. The Hall–Kier alpha value is -7.21. The Morgan fingerprint density at radius 2 is 1.20 bits per heavy atom. The molecule has 1 aliphatic rings. The van der Waals surface area contributed by atoms with Crippen LogP contribution in [-0.2, 0) is 53.3 Å². The number of methoxy groups -OCH3 is 1. The fourth-order valence-electron chi connectivity index (χ4n) is 7.97. The second-order valence-electron chi connectivity index (χ2n) is 16.4. The van der Waals surface area contributed by atoms with Crippen molar-refractivity contribution in [2.75, 3.05) is 13.7 Å². The van der Waals surface area contributed by atoms with Crippen molar-refractivity contribution >= 4 is 56.4 Å². The van der Waals surface area contributed by atoms with Crippen molar-refractivity contribution in [1.29, 1.82) is 0 Å². The number of sulfonamides is 1. The Kier molecular flexibility index (Phi) is 15.8. The molecule has 2 heterocycles. The highest BCUT2D eigenvalue weighted by Crippen LogP contribution is 2.30. The highest BCUT2D eigenvalue weighted by atomic mass is 32.2. The maximum absolute atomic E-state index is 14.5. The number of aryl methyl sites for hydroxylation is 1. The molecule has 5 amide bonds. The van der Waals surface area contributed by atoms with Gasteiger partial charge in [-0.1, -0.05) is 78.9 Å². The standard InChI is InChI=1S/C48H57N9O8S/c1-28-23-41(65-5)29(2)30(3)42(28)66(63,64)57-48(49)50-22-14-21-37-44(59)55-38(24-32-15-8-6-9-16-32)45(60)52-31(4)43(58)54-40(26-34-27-51-36-20-13-12-19-35(34)36)47(62)56-39(46(61)53-37)25-33-17-10-7-11-18-33/h6-13,15-20,23,27,31,37-40,51H,14,21-22,24-26H2,1-5H3,(H,52,60)(H,53,61)(H,54,58)(H,55,59)(H,56,62)(H3,49,50,57). The predicted molar refractivity (Wildman–Crippen MR) is 251 cm³/mol. The lowest BCUT2D eigenvalue weighted by Gasteiger charge is -2.26. The third kappa shape index (κ3) is 12.1. The zero-order chi connectivity index (χ0) is 47.5. The number of carbonyl (C=O) groups is 5. The van der Waals surface area contributed by atoms with E-state index in [1.165, 1.54) is 14.0 Å². The van der Waals surface area contributed by atoms with Crippen LogP contribution in [0.25, 0.3) is 10.9 Å². The van der Waals surface area contributed by atoms with Crippen LogP contribution in [0.2, 0.25) is 0 Å². The molecular formula is C48H57N9O8S. The van der Waals surface area contributed by atoms with Gasteiger partial charge in [-0.15, -0.1) is 0 Å². The Morgan fingerprint density at radius 3 is 1.80 bits per heavy atom. The topological polar surface area (TPSA) is 255 Å². The lowest BCUT2D eigenvalue weighted by molar-refractivity contribution is -0.134. The Labute approximate surface area is 384 Å². The third-order valence-corrected chi connectivity index (χ3v) is 13.2. The molecule has 0 aliphatic carbocycles. The monoisotopic (exact) mass is 919 g/mol. The number of para-hydroxylation sites is 1. The number of H-pyrrole nitrogens is 1. The van der Waals surface area contributed by atoms with Gasteiger partial charge in [0.15, 0.2) is 0 Å². The van der Waals surface area contributed by atoms with Gasteiger partial charge in [-0.25, -0.2) is 13.1 Å². The first-order valence-electron chi connectivity index (χ1n) is 21.7. The van der Waals surface area contributed by atoms with Gasteiger partial charge >= 0.3 is 0 Å². The maximum Gasteiger partial charge on any atom is 0.264 e. The van der Waals surface area contributed by atoms with E-state index in [-0.39, 0.29) is 49.5 Å². The van der Waals surface area contributed by atoms with Crippen LogP contribution < -0.4 is 41.8 Å². The molecule has 6 rings (SSSR count). The molecule has 0 bridgehead atoms. The Balaban J connectivity index is 1.29. The molecule has 0 saturated carbocycles. The normalized spacial score (nSPS) is 20.2. The van der Waals surface area contributed by atoms with Gasteiger partial charge < -0.3 is 42.0 Å². The van der Waals surface area contributed by atoms with Crippen LogP contribution >= 0.6 is 0 Å². The van der Waals surface area contributed by atoms with Crippen LogP contribution in [0.15, 0.2) is 107 Å². The van der Waals surface area contributed by atoms with E-state index in [0.717, 1.165) is 16.5 Å². The summed E-state index contributed by atoms with van der Waals surface area (Å²) in [4.78, 5) is 78.4. The van der Waals surface area contributed by atoms with E-state index in [0.29, 0.717) is 33.6 Å². The summed E-state index contributed by atoms with van der Waals surface area (Å²) in [5.41, 5.74) is 10.7. The first-order chi connectivity index (χ1) is 31.5. The van der Waals surface area contributed by atoms with Gasteiger partial charge in [0.05, 0.1) is 12.0 Å². The molecule has 1 saturated heterocycles. The number of ether oxygens (including phenoxy) is 1. The van der Waals surface area contributed by atoms with Crippen LogP contribution in [0.4, 0.5) is 0 Å². The largest absolute Gasteiger partial charge is 0.496 e. The highest BCUT2D eigenvalue weighted by molar-refractivity contribution is 7.90. The van der Waals surface area contributed by atoms with E-state index in [4.69, 9.17) is 10.5 Å². The molecular weight excluding hydrogens is 863 g/mol. The zero-order valence-corrected chi connectivity index (χ0v) is 38.4. The number of aliphatic imine (C=N–C) groups is 1. The van der Waals surface area contributed by atoms with Gasteiger partial charge in [-0.2, -0.15) is 0 Å². The van der Waals surface area contributed by atoms with Crippen molar-refractivity contribution in [3.63, 3.8) is 0 Å². The summed E-state index contributed by atoms with van der Waals surface area (Å²) in [6.07, 6.45) is 1.95. The summed E-state index contributed by atoms with van der Waals surface area (Å²) in [5.74, 6) is -3.25. The fraction of sp³-hybridized carbons (Fsp3) is 0.333. The smallest absolute Gasteiger partial charge is 0.264 e. The maximum atomic E-state index is 14.5. The number of nitrogens with two attached hydrogens (primary N) is 1. The van der Waals surface area contributed by atoms with Crippen molar-refractivity contribution < 1.29 is 37.1 Å². The molecule has 348 valence electrons. The van der Waals surface area contributed by atoms with Gasteiger partial charge in [0.25, 0.3) is 10.0 Å². The number of nitrogens with zero attached hydrogens (tertiary/aromatic N) is 1. The SMILES string of the molecule is COc1cc(C)c(S(=O)(=O)NC(N)=NCCCC2NC(=O)C(Cc3ccccc3)NC(=O)C(Cc3c[nH]c4ccccc34)NC(=O)C(C)NC(=O)C(Cc3ccccc3)NC2=O)c(C)c1C. The fourth-order valence-corrected chi connectivity index (χ4v) is 9.45. The van der Waals surface area contributed by atoms with Crippen LogP contribution in [0.3, 0.4) is 0 Å². The predicted octanol–water partition coefficient (Wildman–Crippen LogP) is 2.66. The van der Waals surface area contributed by atoms with Gasteiger partial charge in [0, 0.05) is 42.9 Å². The first-order valence-corrected chi connectivity index (χ1v) is 23.1. The number of hydrogen-bond acceptors (Lipinski definition) is 9. The molecule has 1 aliphatic heterocycles. The molecule has 5 aromatic rings. The lowest BCUT2D eigenvalue weighted by Crippen LogP contribution is -2.58. The minimum atomic E-state index is -4.16. The molecule has 66 heavy (non-hydrogen) atoms. The van der Waals surface area contributed by atoms with E-state index in [9.17, 15) is 32.4 Å². The molecule has 17 nitrogen and oxygen atoms in total. The minimum absolute atomic E-state index is 0.0290. The van der Waals surface area contributed by atoms with E-state index in [1.807, 2.05) is 36.4 Å². The number of fused-ring (bicyclic) bond motifs is 1. The summed E-state index contributed by atoms with van der Waals surface area (Å²) >= 11 is 0. The summed E-state index contributed by atoms with van der Waals surface area (Å²) < 4.78 is 34.7. The number of guanidine groups is 1. The minimum Gasteiger partial charge on any atom is -0.496 e. The van der Waals surface area contributed by atoms with Crippen molar-refractivity contribution in [3.05, 3.63) is 131 Å². The highest BCUT2D eigenvalue weighted by Gasteiger charge is 2.34. The zero-order valence-electron chi connectivity index (χ0n) is 37.6. The number of nitrogens with one attached hydrogen (secondary N) is 7. The molecule has 1 aromatic heterocycles. The summed E-state index contributed by atoms with van der Waals surface area (Å²) in [5, 5.41) is 14.8. The summed E-state index contributed by atoms with van der Waals surface area (Å²) in [6.45, 7) is 6.49. The number of carbonyl (C=O) groups excluding carboxylic acids is 5. The Morgan fingerprint density at radius 1 is 0.682 bits per heavy atom. The van der Waals surface area contributed by atoms with Crippen LogP contribution in [-0.4, -0.2) is 92.8 Å². The van der Waals surface area contributed by atoms with Crippen molar-refractivity contribution in [2.24, 2.45) is 10.7 Å². The van der Waals surface area contributed by atoms with E-state index in [1.54, 1.807) is 81.6 Å². The molecule has 4 aromatic carbocycles. The molecule has 1 fully saturated rings. The van der Waals surface area contributed by atoms with E-state index >= 15 is 0 Å². The molecule has 5 atom stereocenters. The van der Waals surface area contributed by atoms with E-state index < -0.39 is 69.8 Å². The first kappa shape index (κ1) is 48.3. The van der Waals surface area contributed by atoms with Crippen molar-refractivity contribution in [3.8, 4) is 5.75 Å². The van der Waals surface area contributed by atoms with Crippen molar-refractivity contribution in [1.82, 2.24) is 36.3 Å². The third-order valence-electron chi connectivity index (χ3n) is 11.6. The number of aromatic amines is 1. The van der Waals surface area contributed by atoms with Crippen molar-refractivity contribution in [2.45, 2.75) is 94.9 Å². The average Bonchev–Trinajstić information content (AvgIpc) is 3.70. The van der Waals surface area contributed by atoms with Gasteiger partial charge in [-0.3, -0.25) is 29.0 Å². The number of amides is 5. The summed E-state index contributed by atoms with van der Waals surface area (Å²) in [6, 6.07) is 21.1. The number of aromatic nitrogens is 1. The molecule has 5 unspecified atom stereocenters. The van der Waals surface area contributed by atoms with Crippen LogP contribution in [0, 0.1) is 20.8 Å². The summed E-state index contributed by atoms with van der Waals surface area (Å²) in [7, 11) is -2.66. The number of hydrogen-bond donors (Lipinski definition) is 8.